The third-order valence-electron chi connectivity index (χ3n) is 4.82. The summed E-state index contributed by atoms with van der Waals surface area (Å²) >= 11 is 0. The fraction of sp³-hybridized carbons (Fsp3) is 0.529. The van der Waals surface area contributed by atoms with Crippen molar-refractivity contribution in [2.75, 3.05) is 24.5 Å². The van der Waals surface area contributed by atoms with Crippen LogP contribution in [0.4, 0.5) is 5.82 Å². The van der Waals surface area contributed by atoms with Gasteiger partial charge in [0.05, 0.1) is 6.33 Å². The van der Waals surface area contributed by atoms with E-state index in [2.05, 4.69) is 37.1 Å². The number of hydrogen-bond acceptors (Lipinski definition) is 5. The summed E-state index contributed by atoms with van der Waals surface area (Å²) in [6, 6.07) is 0. The minimum atomic E-state index is -0.0987. The van der Waals surface area contributed by atoms with Crippen molar-refractivity contribution in [1.82, 2.24) is 25.3 Å². The van der Waals surface area contributed by atoms with Crippen molar-refractivity contribution in [1.29, 1.82) is 0 Å². The van der Waals surface area contributed by atoms with Crippen molar-refractivity contribution in [3.8, 4) is 0 Å². The maximum atomic E-state index is 12.1. The van der Waals surface area contributed by atoms with Crippen LogP contribution >= 0.6 is 0 Å². The van der Waals surface area contributed by atoms with Gasteiger partial charge in [0.15, 0.2) is 0 Å². The molecule has 7 nitrogen and oxygen atoms in total. The average Bonchev–Trinajstić information content (AvgIpc) is 3.02. The number of imidazole rings is 1. The van der Waals surface area contributed by atoms with Gasteiger partial charge in [-0.05, 0) is 39.5 Å². The number of nitrogens with zero attached hydrogens (tertiary/aromatic N) is 4. The predicted molar refractivity (Wildman–Crippen MR) is 92.1 cm³/mol. The summed E-state index contributed by atoms with van der Waals surface area (Å²) in [5, 5.41) is 3.01. The van der Waals surface area contributed by atoms with Crippen LogP contribution in [-0.4, -0.2) is 45.5 Å². The monoisotopic (exact) mass is 328 g/mol. The standard InChI is InChI=1S/C17H24N6O/c1-11-12(2)19-10-22-16(11)23-6-4-14(5-7-23)8-18-17(24)15-13(3)20-9-21-15/h9-10,14H,4-8H2,1-3H3,(H,18,24)(H,20,21). The lowest BCUT2D eigenvalue weighted by Crippen LogP contribution is -2.39. The lowest BCUT2D eigenvalue weighted by atomic mass is 9.96. The molecule has 2 aromatic rings. The molecule has 2 N–H and O–H groups in total. The van der Waals surface area contributed by atoms with Crippen LogP contribution in [-0.2, 0) is 0 Å². The highest BCUT2D eigenvalue weighted by Gasteiger charge is 2.22. The summed E-state index contributed by atoms with van der Waals surface area (Å²) < 4.78 is 0. The highest BCUT2D eigenvalue weighted by atomic mass is 16.1. The molecule has 3 rings (SSSR count). The number of H-pyrrole nitrogens is 1. The van der Waals surface area contributed by atoms with E-state index in [-0.39, 0.29) is 5.91 Å². The topological polar surface area (TPSA) is 86.8 Å². The molecule has 1 amide bonds. The van der Waals surface area contributed by atoms with Crippen molar-refractivity contribution in [2.24, 2.45) is 5.92 Å². The fourth-order valence-corrected chi connectivity index (χ4v) is 3.10. The zero-order valence-corrected chi connectivity index (χ0v) is 14.5. The Hall–Kier alpha value is -2.44. The lowest BCUT2D eigenvalue weighted by Gasteiger charge is -2.33. The highest BCUT2D eigenvalue weighted by molar-refractivity contribution is 5.93. The molecular weight excluding hydrogens is 304 g/mol. The van der Waals surface area contributed by atoms with Crippen LogP contribution < -0.4 is 10.2 Å². The first-order valence-corrected chi connectivity index (χ1v) is 8.37. The van der Waals surface area contributed by atoms with E-state index in [0.29, 0.717) is 18.2 Å². The minimum Gasteiger partial charge on any atom is -0.356 e. The smallest absolute Gasteiger partial charge is 0.271 e. The second kappa shape index (κ2) is 6.98. The number of aromatic amines is 1. The van der Waals surface area contributed by atoms with Crippen LogP contribution in [0.25, 0.3) is 0 Å². The van der Waals surface area contributed by atoms with Crippen LogP contribution in [0.1, 0.15) is 40.3 Å². The largest absolute Gasteiger partial charge is 0.356 e. The molecule has 7 heteroatoms. The van der Waals surface area contributed by atoms with Gasteiger partial charge < -0.3 is 15.2 Å². The molecule has 128 valence electrons. The summed E-state index contributed by atoms with van der Waals surface area (Å²) in [7, 11) is 0. The van der Waals surface area contributed by atoms with Crippen LogP contribution in [0.5, 0.6) is 0 Å². The molecular formula is C17H24N6O. The SMILES string of the molecule is Cc1ncnc(N2CCC(CNC(=O)c3nc[nH]c3C)CC2)c1C. The third-order valence-corrected chi connectivity index (χ3v) is 4.82. The number of aryl methyl sites for hydroxylation is 2. The van der Waals surface area contributed by atoms with Crippen molar-refractivity contribution in [2.45, 2.75) is 33.6 Å². The number of amides is 1. The fourth-order valence-electron chi connectivity index (χ4n) is 3.10. The molecule has 3 heterocycles. The number of aromatic nitrogens is 4. The van der Waals surface area contributed by atoms with Crippen LogP contribution in [0, 0.1) is 26.7 Å². The Morgan fingerprint density at radius 2 is 2.00 bits per heavy atom. The Morgan fingerprint density at radius 1 is 1.25 bits per heavy atom. The molecule has 0 saturated carbocycles. The summed E-state index contributed by atoms with van der Waals surface area (Å²) in [5.74, 6) is 1.43. The number of carbonyl (C=O) groups is 1. The number of carbonyl (C=O) groups excluding carboxylic acids is 1. The molecule has 1 aliphatic heterocycles. The van der Waals surface area contributed by atoms with Gasteiger partial charge in [-0.1, -0.05) is 0 Å². The molecule has 0 aliphatic carbocycles. The number of hydrogen-bond donors (Lipinski definition) is 2. The Morgan fingerprint density at radius 3 is 2.67 bits per heavy atom. The molecule has 1 aliphatic rings. The summed E-state index contributed by atoms with van der Waals surface area (Å²) in [4.78, 5) is 30.1. The first-order chi connectivity index (χ1) is 11.6. The Bertz CT molecular complexity index is 718. The van der Waals surface area contributed by atoms with E-state index < -0.39 is 0 Å². The van der Waals surface area contributed by atoms with E-state index in [1.807, 2.05) is 13.8 Å². The van der Waals surface area contributed by atoms with Crippen molar-refractivity contribution >= 4 is 11.7 Å². The molecule has 0 aromatic carbocycles. The summed E-state index contributed by atoms with van der Waals surface area (Å²) in [5.41, 5.74) is 3.47. The third kappa shape index (κ3) is 3.39. The van der Waals surface area contributed by atoms with E-state index in [1.165, 1.54) is 0 Å². The molecule has 2 aromatic heterocycles. The Labute approximate surface area is 141 Å². The number of nitrogens with one attached hydrogen (secondary N) is 2. The van der Waals surface area contributed by atoms with Gasteiger partial charge in [-0.3, -0.25) is 4.79 Å². The first kappa shape index (κ1) is 16.4. The molecule has 1 saturated heterocycles. The maximum Gasteiger partial charge on any atom is 0.271 e. The second-order valence-corrected chi connectivity index (χ2v) is 6.42. The van der Waals surface area contributed by atoms with Crippen LogP contribution in [0.15, 0.2) is 12.7 Å². The Balaban J connectivity index is 1.51. The normalized spacial score (nSPS) is 15.5. The quantitative estimate of drug-likeness (QED) is 0.893. The average molecular weight is 328 g/mol. The van der Waals surface area contributed by atoms with Crippen molar-refractivity contribution in [3.05, 3.63) is 35.3 Å². The van der Waals surface area contributed by atoms with Gasteiger partial charge in [0, 0.05) is 36.6 Å². The van der Waals surface area contributed by atoms with Crippen molar-refractivity contribution in [3.63, 3.8) is 0 Å². The van der Waals surface area contributed by atoms with Gasteiger partial charge in [0.25, 0.3) is 5.91 Å². The maximum absolute atomic E-state index is 12.1. The van der Waals surface area contributed by atoms with Gasteiger partial charge in [-0.15, -0.1) is 0 Å². The molecule has 0 bridgehead atoms. The number of anilines is 1. The van der Waals surface area contributed by atoms with E-state index in [1.54, 1.807) is 12.7 Å². The van der Waals surface area contributed by atoms with Gasteiger partial charge in [0.2, 0.25) is 0 Å². The summed E-state index contributed by atoms with van der Waals surface area (Å²) in [6.45, 7) is 8.55. The first-order valence-electron chi connectivity index (χ1n) is 8.37. The predicted octanol–water partition coefficient (Wildman–Crippen LogP) is 1.77. The Kier molecular flexibility index (Phi) is 4.78. The summed E-state index contributed by atoms with van der Waals surface area (Å²) in [6.07, 6.45) is 5.27. The zero-order valence-electron chi connectivity index (χ0n) is 14.5. The molecule has 0 radical (unpaired) electrons. The van der Waals surface area contributed by atoms with Crippen LogP contribution in [0.2, 0.25) is 0 Å². The lowest BCUT2D eigenvalue weighted by molar-refractivity contribution is 0.0939. The van der Waals surface area contributed by atoms with Gasteiger partial charge in [-0.25, -0.2) is 15.0 Å². The molecule has 0 spiro atoms. The second-order valence-electron chi connectivity index (χ2n) is 6.42. The molecule has 24 heavy (non-hydrogen) atoms. The van der Waals surface area contributed by atoms with Gasteiger partial charge in [0.1, 0.15) is 17.8 Å². The van der Waals surface area contributed by atoms with E-state index in [0.717, 1.165) is 48.7 Å². The van der Waals surface area contributed by atoms with Gasteiger partial charge in [-0.2, -0.15) is 0 Å². The van der Waals surface area contributed by atoms with E-state index in [4.69, 9.17) is 0 Å². The zero-order chi connectivity index (χ0) is 17.1. The van der Waals surface area contributed by atoms with Crippen molar-refractivity contribution < 1.29 is 4.79 Å². The highest BCUT2D eigenvalue weighted by Crippen LogP contribution is 2.24. The van der Waals surface area contributed by atoms with Gasteiger partial charge >= 0.3 is 0 Å². The number of rotatable bonds is 4. The molecule has 1 fully saturated rings. The number of piperidine rings is 1. The van der Waals surface area contributed by atoms with Crippen LogP contribution in [0.3, 0.4) is 0 Å². The molecule has 0 unspecified atom stereocenters. The van der Waals surface area contributed by atoms with E-state index >= 15 is 0 Å². The molecule has 0 atom stereocenters. The van der Waals surface area contributed by atoms with E-state index in [9.17, 15) is 4.79 Å². The minimum absolute atomic E-state index is 0.0987.